The van der Waals surface area contributed by atoms with E-state index in [1.54, 1.807) is 12.3 Å². The first-order valence-electron chi connectivity index (χ1n) is 10.1. The van der Waals surface area contributed by atoms with E-state index < -0.39 is 12.3 Å². The number of amides is 1. The topological polar surface area (TPSA) is 141 Å². The molecule has 1 aliphatic heterocycles. The standard InChI is InChI=1S/C21H24N6O3/c22-19(28)15-8-12(4-5-24-15)21-26-14-9-13(25-17(20(23)29)11-2-3-11)10-16-18(14)27(21)6-1-7-30-16/h4-5,8-11,17,19,25,28H,1-3,6-7,22H2,(H2,23,29)/t17-,19?/m0/s1. The number of pyridine rings is 1. The second kappa shape index (κ2) is 7.26. The molecule has 30 heavy (non-hydrogen) atoms. The van der Waals surface area contributed by atoms with Crippen LogP contribution in [0, 0.1) is 5.92 Å². The van der Waals surface area contributed by atoms with Gasteiger partial charge in [-0.25, -0.2) is 4.98 Å². The second-order valence-electron chi connectivity index (χ2n) is 7.91. The molecule has 1 aromatic carbocycles. The highest BCUT2D eigenvalue weighted by Crippen LogP contribution is 2.38. The number of ether oxygens (including phenoxy) is 1. The number of nitrogens with one attached hydrogen (secondary N) is 1. The van der Waals surface area contributed by atoms with Crippen molar-refractivity contribution in [1.29, 1.82) is 0 Å². The van der Waals surface area contributed by atoms with Gasteiger partial charge >= 0.3 is 0 Å². The van der Waals surface area contributed by atoms with Crippen molar-refractivity contribution in [3.63, 3.8) is 0 Å². The molecule has 156 valence electrons. The Balaban J connectivity index is 1.61. The van der Waals surface area contributed by atoms with E-state index in [0.717, 1.165) is 59.7 Å². The lowest BCUT2D eigenvalue weighted by molar-refractivity contribution is -0.119. The summed E-state index contributed by atoms with van der Waals surface area (Å²) >= 11 is 0. The molecule has 5 rings (SSSR count). The highest BCUT2D eigenvalue weighted by Gasteiger charge is 2.35. The zero-order valence-corrected chi connectivity index (χ0v) is 16.4. The van der Waals surface area contributed by atoms with E-state index in [9.17, 15) is 9.90 Å². The molecule has 1 aliphatic carbocycles. The summed E-state index contributed by atoms with van der Waals surface area (Å²) in [6.07, 6.45) is 3.30. The number of benzene rings is 1. The van der Waals surface area contributed by atoms with Gasteiger partial charge in [-0.1, -0.05) is 0 Å². The Hall–Kier alpha value is -3.17. The molecular weight excluding hydrogens is 384 g/mol. The van der Waals surface area contributed by atoms with Gasteiger partial charge in [0.1, 0.15) is 29.4 Å². The minimum atomic E-state index is -1.15. The number of nitrogens with zero attached hydrogens (tertiary/aromatic N) is 3. The molecule has 3 aromatic rings. The number of hydrogen-bond donors (Lipinski definition) is 4. The van der Waals surface area contributed by atoms with Gasteiger partial charge < -0.3 is 31.2 Å². The van der Waals surface area contributed by atoms with Crippen molar-refractivity contribution in [1.82, 2.24) is 14.5 Å². The summed E-state index contributed by atoms with van der Waals surface area (Å²) in [4.78, 5) is 20.8. The van der Waals surface area contributed by atoms with Gasteiger partial charge in [0.15, 0.2) is 0 Å². The van der Waals surface area contributed by atoms with Crippen LogP contribution >= 0.6 is 0 Å². The first kappa shape index (κ1) is 18.8. The fourth-order valence-electron chi connectivity index (χ4n) is 4.05. The monoisotopic (exact) mass is 408 g/mol. The molecular formula is C21H24N6O3. The van der Waals surface area contributed by atoms with Crippen molar-refractivity contribution >= 4 is 22.6 Å². The summed E-state index contributed by atoms with van der Waals surface area (Å²) in [5.74, 6) is 1.41. The molecule has 6 N–H and O–H groups in total. The zero-order chi connectivity index (χ0) is 20.8. The highest BCUT2D eigenvalue weighted by molar-refractivity contribution is 5.91. The van der Waals surface area contributed by atoms with Crippen LogP contribution in [-0.4, -0.2) is 38.2 Å². The molecule has 1 amide bonds. The Morgan fingerprint density at radius 3 is 2.90 bits per heavy atom. The Labute approximate surface area is 173 Å². The maximum absolute atomic E-state index is 11.9. The van der Waals surface area contributed by atoms with E-state index in [2.05, 4.69) is 14.9 Å². The van der Waals surface area contributed by atoms with E-state index in [4.69, 9.17) is 21.2 Å². The van der Waals surface area contributed by atoms with Gasteiger partial charge in [0.25, 0.3) is 0 Å². The number of imidazole rings is 1. The second-order valence-corrected chi connectivity index (χ2v) is 7.91. The normalized spacial score (nSPS) is 17.8. The number of nitrogens with two attached hydrogens (primary N) is 2. The van der Waals surface area contributed by atoms with Crippen LogP contribution in [0.4, 0.5) is 5.69 Å². The van der Waals surface area contributed by atoms with Gasteiger partial charge in [-0.05, 0) is 43.4 Å². The number of rotatable bonds is 6. The van der Waals surface area contributed by atoms with E-state index >= 15 is 0 Å². The lowest BCUT2D eigenvalue weighted by Gasteiger charge is -2.17. The van der Waals surface area contributed by atoms with Gasteiger partial charge in [-0.3, -0.25) is 9.78 Å². The largest absolute Gasteiger partial charge is 0.491 e. The van der Waals surface area contributed by atoms with Crippen LogP contribution in [0.15, 0.2) is 30.5 Å². The SMILES string of the molecule is NC(=O)[C@@H](Nc1cc2c3c(c1)nc(-c1ccnc(C(N)O)c1)n3CCCO2)C1CC1. The highest BCUT2D eigenvalue weighted by atomic mass is 16.5. The molecule has 1 unspecified atom stereocenters. The van der Waals surface area contributed by atoms with Crippen LogP contribution < -0.4 is 21.5 Å². The van der Waals surface area contributed by atoms with Crippen molar-refractivity contribution < 1.29 is 14.6 Å². The van der Waals surface area contributed by atoms with E-state index in [1.165, 1.54) is 0 Å². The summed E-state index contributed by atoms with van der Waals surface area (Å²) in [6.45, 7) is 1.34. The summed E-state index contributed by atoms with van der Waals surface area (Å²) in [7, 11) is 0. The van der Waals surface area contributed by atoms with Crippen LogP contribution in [-0.2, 0) is 11.3 Å². The molecule has 0 bridgehead atoms. The molecule has 3 heterocycles. The zero-order valence-electron chi connectivity index (χ0n) is 16.4. The lowest BCUT2D eigenvalue weighted by atomic mass is 10.1. The first-order chi connectivity index (χ1) is 14.5. The Morgan fingerprint density at radius 2 is 2.17 bits per heavy atom. The van der Waals surface area contributed by atoms with Gasteiger partial charge in [0, 0.05) is 30.1 Å². The number of aliphatic hydroxyl groups is 1. The number of carbonyl (C=O) groups excluding carboxylic acids is 1. The van der Waals surface area contributed by atoms with Gasteiger partial charge in [-0.2, -0.15) is 0 Å². The van der Waals surface area contributed by atoms with Crippen LogP contribution in [0.3, 0.4) is 0 Å². The number of carbonyl (C=O) groups is 1. The van der Waals surface area contributed by atoms with Crippen molar-refractivity contribution in [2.24, 2.45) is 17.4 Å². The minimum absolute atomic E-state index is 0.282. The van der Waals surface area contributed by atoms with Crippen LogP contribution in [0.2, 0.25) is 0 Å². The average Bonchev–Trinajstić information content (AvgIpc) is 3.52. The third kappa shape index (κ3) is 3.35. The molecule has 2 aliphatic rings. The predicted octanol–water partition coefficient (Wildman–Crippen LogP) is 1.51. The Morgan fingerprint density at radius 1 is 1.33 bits per heavy atom. The third-order valence-corrected chi connectivity index (χ3v) is 5.65. The quantitative estimate of drug-likeness (QED) is 0.453. The smallest absolute Gasteiger partial charge is 0.240 e. The molecule has 2 atom stereocenters. The number of aryl methyl sites for hydroxylation is 1. The maximum Gasteiger partial charge on any atom is 0.240 e. The van der Waals surface area contributed by atoms with E-state index in [-0.39, 0.29) is 11.8 Å². The molecule has 2 aromatic heterocycles. The molecule has 1 fully saturated rings. The van der Waals surface area contributed by atoms with Crippen molar-refractivity contribution in [2.75, 3.05) is 11.9 Å². The lowest BCUT2D eigenvalue weighted by Crippen LogP contribution is -2.37. The third-order valence-electron chi connectivity index (χ3n) is 5.65. The van der Waals surface area contributed by atoms with Gasteiger partial charge in [0.2, 0.25) is 5.91 Å². The molecule has 0 saturated heterocycles. The summed E-state index contributed by atoms with van der Waals surface area (Å²) in [6, 6.07) is 7.03. The minimum Gasteiger partial charge on any atom is -0.491 e. The van der Waals surface area contributed by atoms with Crippen LogP contribution in [0.25, 0.3) is 22.4 Å². The van der Waals surface area contributed by atoms with E-state index in [1.807, 2.05) is 18.2 Å². The van der Waals surface area contributed by atoms with Gasteiger partial charge in [-0.15, -0.1) is 0 Å². The number of anilines is 1. The predicted molar refractivity (Wildman–Crippen MR) is 112 cm³/mol. The molecule has 9 nitrogen and oxygen atoms in total. The van der Waals surface area contributed by atoms with Crippen molar-refractivity contribution in [3.8, 4) is 17.1 Å². The number of primary amides is 1. The first-order valence-corrected chi connectivity index (χ1v) is 10.1. The van der Waals surface area contributed by atoms with Crippen molar-refractivity contribution in [3.05, 3.63) is 36.2 Å². The number of aromatic nitrogens is 3. The Bertz CT molecular complexity index is 1120. The molecule has 0 spiro atoms. The molecule has 1 saturated carbocycles. The summed E-state index contributed by atoms with van der Waals surface area (Å²) in [5, 5.41) is 13.0. The average molecular weight is 408 g/mol. The van der Waals surface area contributed by atoms with Crippen LogP contribution in [0.1, 0.15) is 31.2 Å². The summed E-state index contributed by atoms with van der Waals surface area (Å²) in [5.41, 5.74) is 14.8. The van der Waals surface area contributed by atoms with E-state index in [0.29, 0.717) is 12.3 Å². The Kier molecular flexibility index (Phi) is 4.56. The van der Waals surface area contributed by atoms with Crippen molar-refractivity contribution in [2.45, 2.75) is 38.1 Å². The fourth-order valence-corrected chi connectivity index (χ4v) is 4.05. The summed E-state index contributed by atoms with van der Waals surface area (Å²) < 4.78 is 8.12. The molecule has 9 heteroatoms. The number of aliphatic hydroxyl groups excluding tert-OH is 1. The van der Waals surface area contributed by atoms with Crippen LogP contribution in [0.5, 0.6) is 5.75 Å². The molecule has 0 radical (unpaired) electrons. The number of hydrogen-bond acceptors (Lipinski definition) is 7. The maximum atomic E-state index is 11.9. The van der Waals surface area contributed by atoms with Gasteiger partial charge in [0.05, 0.1) is 17.8 Å². The fraction of sp³-hybridized carbons (Fsp3) is 0.381.